The summed E-state index contributed by atoms with van der Waals surface area (Å²) in [7, 11) is 0. The molecule has 3 rings (SSSR count). The Morgan fingerprint density at radius 3 is 2.67 bits per heavy atom. The van der Waals surface area contributed by atoms with E-state index in [2.05, 4.69) is 47.1 Å². The Bertz CT molecular complexity index is 543. The molecule has 2 atom stereocenters. The maximum Gasteiger partial charge on any atom is 0.227 e. The van der Waals surface area contributed by atoms with E-state index in [1.54, 1.807) is 0 Å². The highest BCUT2D eigenvalue weighted by Crippen LogP contribution is 2.33. The van der Waals surface area contributed by atoms with Gasteiger partial charge in [-0.15, -0.1) is 0 Å². The second kappa shape index (κ2) is 7.66. The SMILES string of the molecule is CC1(N)CCCCC1C(=O)N1CCCN(Cc2ccccc2)CC1. The van der Waals surface area contributed by atoms with E-state index in [4.69, 9.17) is 5.73 Å². The molecule has 1 saturated heterocycles. The highest BCUT2D eigenvalue weighted by Gasteiger charge is 2.39. The van der Waals surface area contributed by atoms with Crippen molar-refractivity contribution in [3.63, 3.8) is 0 Å². The third-order valence-corrected chi connectivity index (χ3v) is 5.70. The molecule has 0 spiro atoms. The van der Waals surface area contributed by atoms with Crippen LogP contribution in [0, 0.1) is 5.92 Å². The zero-order valence-electron chi connectivity index (χ0n) is 14.9. The molecule has 1 saturated carbocycles. The molecule has 2 aliphatic rings. The molecule has 4 nitrogen and oxygen atoms in total. The predicted molar refractivity (Wildman–Crippen MR) is 97.5 cm³/mol. The van der Waals surface area contributed by atoms with E-state index in [0.717, 1.165) is 64.8 Å². The molecule has 1 amide bonds. The summed E-state index contributed by atoms with van der Waals surface area (Å²) < 4.78 is 0. The van der Waals surface area contributed by atoms with E-state index < -0.39 is 0 Å². The topological polar surface area (TPSA) is 49.6 Å². The predicted octanol–water partition coefficient (Wildman–Crippen LogP) is 2.63. The van der Waals surface area contributed by atoms with Crippen LogP contribution in [0.15, 0.2) is 30.3 Å². The number of nitrogens with two attached hydrogens (primary N) is 1. The molecule has 0 bridgehead atoms. The molecule has 0 radical (unpaired) electrons. The number of rotatable bonds is 3. The Morgan fingerprint density at radius 2 is 1.92 bits per heavy atom. The number of benzene rings is 1. The standard InChI is InChI=1S/C20H31N3O/c1-20(21)11-6-5-10-18(20)19(24)23-13-7-12-22(14-15-23)16-17-8-3-2-4-9-17/h2-4,8-9,18H,5-7,10-16,21H2,1H3. The van der Waals surface area contributed by atoms with Crippen molar-refractivity contribution in [1.29, 1.82) is 0 Å². The minimum absolute atomic E-state index is 0.00641. The van der Waals surface area contributed by atoms with Crippen LogP contribution >= 0.6 is 0 Å². The maximum atomic E-state index is 13.0. The zero-order chi connectivity index (χ0) is 17.0. The lowest BCUT2D eigenvalue weighted by molar-refractivity contribution is -0.138. The van der Waals surface area contributed by atoms with Gasteiger partial charge in [-0.3, -0.25) is 9.69 Å². The largest absolute Gasteiger partial charge is 0.341 e. The molecule has 2 unspecified atom stereocenters. The van der Waals surface area contributed by atoms with Gasteiger partial charge in [-0.05, 0) is 31.7 Å². The van der Waals surface area contributed by atoms with Gasteiger partial charge in [-0.2, -0.15) is 0 Å². The van der Waals surface area contributed by atoms with Gasteiger partial charge < -0.3 is 10.6 Å². The number of nitrogens with zero attached hydrogens (tertiary/aromatic N) is 2. The van der Waals surface area contributed by atoms with Crippen LogP contribution in [0.5, 0.6) is 0 Å². The highest BCUT2D eigenvalue weighted by molar-refractivity contribution is 5.80. The first-order valence-corrected chi connectivity index (χ1v) is 9.40. The zero-order valence-corrected chi connectivity index (χ0v) is 14.9. The second-order valence-electron chi connectivity index (χ2n) is 7.74. The lowest BCUT2D eigenvalue weighted by Gasteiger charge is -2.39. The van der Waals surface area contributed by atoms with E-state index in [1.807, 2.05) is 0 Å². The number of hydrogen-bond acceptors (Lipinski definition) is 3. The summed E-state index contributed by atoms with van der Waals surface area (Å²) in [6.45, 7) is 6.75. The van der Waals surface area contributed by atoms with Crippen LogP contribution in [0.4, 0.5) is 0 Å². The van der Waals surface area contributed by atoms with Crippen LogP contribution < -0.4 is 5.73 Å². The molecule has 1 aliphatic carbocycles. The highest BCUT2D eigenvalue weighted by atomic mass is 16.2. The van der Waals surface area contributed by atoms with Crippen molar-refractivity contribution in [2.75, 3.05) is 26.2 Å². The fourth-order valence-corrected chi connectivity index (χ4v) is 4.18. The van der Waals surface area contributed by atoms with Crippen LogP contribution in [0.1, 0.15) is 44.6 Å². The van der Waals surface area contributed by atoms with Crippen LogP contribution in [0.3, 0.4) is 0 Å². The quantitative estimate of drug-likeness (QED) is 0.927. The summed E-state index contributed by atoms with van der Waals surface area (Å²) in [5.41, 5.74) is 7.46. The van der Waals surface area contributed by atoms with Crippen LogP contribution in [0.25, 0.3) is 0 Å². The van der Waals surface area contributed by atoms with Crippen LogP contribution in [-0.2, 0) is 11.3 Å². The molecule has 2 fully saturated rings. The average Bonchev–Trinajstić information content (AvgIpc) is 2.80. The summed E-state index contributed by atoms with van der Waals surface area (Å²) in [6, 6.07) is 10.6. The molecule has 1 aliphatic heterocycles. The first kappa shape index (κ1) is 17.4. The first-order chi connectivity index (χ1) is 11.6. The number of carbonyl (C=O) groups excluding carboxylic acids is 1. The smallest absolute Gasteiger partial charge is 0.227 e. The Labute approximate surface area is 146 Å². The first-order valence-electron chi connectivity index (χ1n) is 9.40. The van der Waals surface area contributed by atoms with Gasteiger partial charge in [0.15, 0.2) is 0 Å². The molecule has 24 heavy (non-hydrogen) atoms. The van der Waals surface area contributed by atoms with Crippen molar-refractivity contribution in [1.82, 2.24) is 9.80 Å². The number of carbonyl (C=O) groups is 1. The fraction of sp³-hybridized carbons (Fsp3) is 0.650. The third kappa shape index (κ3) is 4.17. The van der Waals surface area contributed by atoms with Crippen molar-refractivity contribution in [3.8, 4) is 0 Å². The molecule has 1 heterocycles. The molecule has 4 heteroatoms. The van der Waals surface area contributed by atoms with Crippen molar-refractivity contribution in [2.45, 2.75) is 51.1 Å². The molecule has 2 N–H and O–H groups in total. The molecular formula is C20H31N3O. The Kier molecular flexibility index (Phi) is 5.57. The van der Waals surface area contributed by atoms with Gasteiger partial charge >= 0.3 is 0 Å². The maximum absolute atomic E-state index is 13.0. The molecule has 0 aromatic heterocycles. The lowest BCUT2D eigenvalue weighted by atomic mass is 9.74. The van der Waals surface area contributed by atoms with E-state index in [-0.39, 0.29) is 11.5 Å². The van der Waals surface area contributed by atoms with Gasteiger partial charge in [-0.25, -0.2) is 0 Å². The van der Waals surface area contributed by atoms with Crippen molar-refractivity contribution >= 4 is 5.91 Å². The molecule has 1 aromatic rings. The van der Waals surface area contributed by atoms with Crippen molar-refractivity contribution < 1.29 is 4.79 Å². The molecule has 132 valence electrons. The van der Waals surface area contributed by atoms with E-state index in [1.165, 1.54) is 5.56 Å². The van der Waals surface area contributed by atoms with E-state index in [9.17, 15) is 4.79 Å². The minimum Gasteiger partial charge on any atom is -0.341 e. The average molecular weight is 329 g/mol. The number of amides is 1. The third-order valence-electron chi connectivity index (χ3n) is 5.70. The summed E-state index contributed by atoms with van der Waals surface area (Å²) in [6.07, 6.45) is 5.26. The summed E-state index contributed by atoms with van der Waals surface area (Å²) in [5.74, 6) is 0.299. The van der Waals surface area contributed by atoms with Gasteiger partial charge in [0, 0.05) is 38.3 Å². The van der Waals surface area contributed by atoms with Crippen molar-refractivity contribution in [3.05, 3.63) is 35.9 Å². The summed E-state index contributed by atoms with van der Waals surface area (Å²) >= 11 is 0. The second-order valence-corrected chi connectivity index (χ2v) is 7.74. The fourth-order valence-electron chi connectivity index (χ4n) is 4.18. The van der Waals surface area contributed by atoms with Crippen LogP contribution in [-0.4, -0.2) is 47.4 Å². The van der Waals surface area contributed by atoms with Gasteiger partial charge in [0.1, 0.15) is 0 Å². The number of hydrogen-bond donors (Lipinski definition) is 1. The molecule has 1 aromatic carbocycles. The Balaban J connectivity index is 1.58. The van der Waals surface area contributed by atoms with E-state index >= 15 is 0 Å². The summed E-state index contributed by atoms with van der Waals surface area (Å²) in [4.78, 5) is 17.6. The van der Waals surface area contributed by atoms with E-state index in [0.29, 0.717) is 5.91 Å². The Morgan fingerprint density at radius 1 is 1.12 bits per heavy atom. The minimum atomic E-state index is -0.328. The van der Waals surface area contributed by atoms with Crippen LogP contribution in [0.2, 0.25) is 0 Å². The monoisotopic (exact) mass is 329 g/mol. The van der Waals surface area contributed by atoms with Gasteiger partial charge in [0.2, 0.25) is 5.91 Å². The lowest BCUT2D eigenvalue weighted by Crippen LogP contribution is -2.54. The van der Waals surface area contributed by atoms with Gasteiger partial charge in [0.05, 0.1) is 5.92 Å². The Hall–Kier alpha value is -1.39. The molecular weight excluding hydrogens is 298 g/mol. The van der Waals surface area contributed by atoms with Gasteiger partial charge in [-0.1, -0.05) is 43.2 Å². The normalized spacial score (nSPS) is 29.2. The van der Waals surface area contributed by atoms with Crippen molar-refractivity contribution in [2.24, 2.45) is 11.7 Å². The summed E-state index contributed by atoms with van der Waals surface area (Å²) in [5, 5.41) is 0. The van der Waals surface area contributed by atoms with Gasteiger partial charge in [0.25, 0.3) is 0 Å².